The number of hydrogen-bond acceptors (Lipinski definition) is 2. The summed E-state index contributed by atoms with van der Waals surface area (Å²) in [6.07, 6.45) is 2.06. The zero-order valence-electron chi connectivity index (χ0n) is 12.4. The van der Waals surface area contributed by atoms with Gasteiger partial charge in [0.25, 0.3) is 5.91 Å². The monoisotopic (exact) mass is 297 g/mol. The van der Waals surface area contributed by atoms with E-state index in [0.717, 1.165) is 12.8 Å². The van der Waals surface area contributed by atoms with Crippen LogP contribution in [0.25, 0.3) is 0 Å². The molecule has 0 aromatic heterocycles. The topological polar surface area (TPSA) is 29.5 Å². The van der Waals surface area contributed by atoms with Gasteiger partial charge in [-0.25, -0.2) is 0 Å². The summed E-state index contributed by atoms with van der Waals surface area (Å²) in [5, 5.41) is 0. The third kappa shape index (κ3) is 4.16. The van der Waals surface area contributed by atoms with Crippen molar-refractivity contribution < 1.29 is 18.3 Å². The highest BCUT2D eigenvalue weighted by molar-refractivity contribution is 5.97. The lowest BCUT2D eigenvalue weighted by Gasteiger charge is -2.19. The van der Waals surface area contributed by atoms with Gasteiger partial charge in [-0.1, -0.05) is 26.0 Å². The van der Waals surface area contributed by atoms with Gasteiger partial charge in [-0.2, -0.15) is 8.78 Å². The lowest BCUT2D eigenvalue weighted by atomic mass is 9.97. The van der Waals surface area contributed by atoms with Crippen LogP contribution in [-0.2, 0) is 0 Å². The minimum atomic E-state index is -2.92. The second-order valence-electron chi connectivity index (χ2n) is 5.91. The number of alkyl halides is 2. The van der Waals surface area contributed by atoms with Crippen molar-refractivity contribution in [3.05, 3.63) is 29.8 Å². The van der Waals surface area contributed by atoms with Gasteiger partial charge in [-0.15, -0.1) is 0 Å². The lowest BCUT2D eigenvalue weighted by molar-refractivity contribution is -0.0502. The zero-order valence-corrected chi connectivity index (χ0v) is 12.4. The first-order valence-corrected chi connectivity index (χ1v) is 7.30. The third-order valence-electron chi connectivity index (χ3n) is 3.71. The van der Waals surface area contributed by atoms with Crippen molar-refractivity contribution in [3.63, 3.8) is 0 Å². The number of para-hydroxylation sites is 1. The molecule has 1 amide bonds. The Kier molecular flexibility index (Phi) is 5.15. The number of carbonyl (C=O) groups is 1. The molecule has 0 saturated carbocycles. The first-order valence-electron chi connectivity index (χ1n) is 7.30. The summed E-state index contributed by atoms with van der Waals surface area (Å²) in [5.41, 5.74) is 0.211. The number of benzene rings is 1. The van der Waals surface area contributed by atoms with E-state index in [-0.39, 0.29) is 17.2 Å². The fourth-order valence-electron chi connectivity index (χ4n) is 2.89. The molecule has 1 atom stereocenters. The van der Waals surface area contributed by atoms with Crippen LogP contribution in [0.15, 0.2) is 24.3 Å². The summed E-state index contributed by atoms with van der Waals surface area (Å²) >= 11 is 0. The number of nitrogens with zero attached hydrogens (tertiary/aromatic N) is 1. The second kappa shape index (κ2) is 6.87. The Balaban J connectivity index is 2.07. The lowest BCUT2D eigenvalue weighted by Crippen LogP contribution is -2.29. The van der Waals surface area contributed by atoms with Crippen molar-refractivity contribution in [1.29, 1.82) is 0 Å². The molecule has 0 N–H and O–H groups in total. The third-order valence-corrected chi connectivity index (χ3v) is 3.71. The van der Waals surface area contributed by atoms with Gasteiger partial charge >= 0.3 is 6.61 Å². The Morgan fingerprint density at radius 2 is 2.10 bits per heavy atom. The van der Waals surface area contributed by atoms with E-state index in [1.807, 2.05) is 0 Å². The summed E-state index contributed by atoms with van der Waals surface area (Å²) in [4.78, 5) is 14.2. The molecule has 0 unspecified atom stereocenters. The number of rotatable bonds is 5. The highest BCUT2D eigenvalue weighted by atomic mass is 19.3. The highest BCUT2D eigenvalue weighted by Crippen LogP contribution is 2.27. The molecule has 5 heteroatoms. The van der Waals surface area contributed by atoms with Crippen LogP contribution in [0.1, 0.15) is 37.0 Å². The van der Waals surface area contributed by atoms with Crippen molar-refractivity contribution in [2.45, 2.75) is 33.3 Å². The van der Waals surface area contributed by atoms with Crippen LogP contribution in [-0.4, -0.2) is 30.5 Å². The first-order chi connectivity index (χ1) is 9.97. The number of carbonyl (C=O) groups excluding carboxylic acids is 1. The van der Waals surface area contributed by atoms with Crippen LogP contribution in [0.4, 0.5) is 8.78 Å². The van der Waals surface area contributed by atoms with E-state index in [2.05, 4.69) is 18.6 Å². The normalized spacial score (nSPS) is 18.6. The predicted octanol–water partition coefficient (Wildman–Crippen LogP) is 3.80. The molecule has 2 rings (SSSR count). The van der Waals surface area contributed by atoms with Gasteiger partial charge in [0.15, 0.2) is 0 Å². The van der Waals surface area contributed by atoms with E-state index in [1.165, 1.54) is 12.1 Å². The molecule has 1 saturated heterocycles. The van der Waals surface area contributed by atoms with Crippen molar-refractivity contribution in [2.75, 3.05) is 13.1 Å². The predicted molar refractivity (Wildman–Crippen MR) is 76.5 cm³/mol. The Bertz CT molecular complexity index is 491. The minimum absolute atomic E-state index is 0.0511. The smallest absolute Gasteiger partial charge is 0.387 e. The van der Waals surface area contributed by atoms with Crippen LogP contribution in [0, 0.1) is 11.8 Å². The maximum Gasteiger partial charge on any atom is 0.387 e. The molecule has 1 fully saturated rings. The van der Waals surface area contributed by atoms with Crippen LogP contribution in [0.5, 0.6) is 5.75 Å². The van der Waals surface area contributed by atoms with Crippen LogP contribution >= 0.6 is 0 Å². The van der Waals surface area contributed by atoms with E-state index < -0.39 is 6.61 Å². The number of likely N-dealkylation sites (tertiary alicyclic amines) is 1. The fraction of sp³-hybridized carbons (Fsp3) is 0.562. The standard InChI is InChI=1S/C16H21F2NO2/c1-11(2)9-12-7-8-19(10-12)15(20)13-5-3-4-6-14(13)21-16(17)18/h3-6,11-12,16H,7-10H2,1-2H3/t12-/m1/s1. The Labute approximate surface area is 123 Å². The number of ether oxygens (including phenoxy) is 1. The van der Waals surface area contributed by atoms with E-state index >= 15 is 0 Å². The van der Waals surface area contributed by atoms with Gasteiger partial charge in [0, 0.05) is 13.1 Å². The van der Waals surface area contributed by atoms with E-state index in [9.17, 15) is 13.6 Å². The number of hydrogen-bond donors (Lipinski definition) is 0. The summed E-state index contributed by atoms with van der Waals surface area (Å²) in [5.74, 6) is 0.818. The van der Waals surface area contributed by atoms with Gasteiger partial charge in [0.2, 0.25) is 0 Å². The van der Waals surface area contributed by atoms with Gasteiger partial charge in [0.05, 0.1) is 5.56 Å². The summed E-state index contributed by atoms with van der Waals surface area (Å²) in [6, 6.07) is 6.18. The molecule has 0 radical (unpaired) electrons. The first kappa shape index (κ1) is 15.7. The van der Waals surface area contributed by atoms with Crippen LogP contribution in [0.3, 0.4) is 0 Å². The van der Waals surface area contributed by atoms with Gasteiger partial charge in [-0.05, 0) is 36.8 Å². The molecule has 3 nitrogen and oxygen atoms in total. The molecule has 1 aliphatic rings. The molecule has 1 aliphatic heterocycles. The van der Waals surface area contributed by atoms with Gasteiger partial charge < -0.3 is 9.64 Å². The average Bonchev–Trinajstić information content (AvgIpc) is 2.85. The Morgan fingerprint density at radius 1 is 1.38 bits per heavy atom. The van der Waals surface area contributed by atoms with Crippen molar-refractivity contribution in [3.8, 4) is 5.75 Å². The molecular weight excluding hydrogens is 276 g/mol. The summed E-state index contributed by atoms with van der Waals surface area (Å²) in [7, 11) is 0. The highest BCUT2D eigenvalue weighted by Gasteiger charge is 2.29. The molecule has 0 aliphatic carbocycles. The molecule has 0 spiro atoms. The van der Waals surface area contributed by atoms with Gasteiger partial charge in [0.1, 0.15) is 5.75 Å². The van der Waals surface area contributed by atoms with Gasteiger partial charge in [-0.3, -0.25) is 4.79 Å². The second-order valence-corrected chi connectivity index (χ2v) is 5.91. The maximum absolute atomic E-state index is 12.5. The Hall–Kier alpha value is -1.65. The number of halogens is 2. The molecular formula is C16H21F2NO2. The SMILES string of the molecule is CC(C)C[C@H]1CCN(C(=O)c2ccccc2OC(F)F)C1. The molecule has 1 aromatic rings. The molecule has 116 valence electrons. The Morgan fingerprint density at radius 3 is 2.76 bits per heavy atom. The number of amides is 1. The van der Waals surface area contributed by atoms with Crippen LogP contribution in [0.2, 0.25) is 0 Å². The zero-order chi connectivity index (χ0) is 15.4. The molecule has 0 bridgehead atoms. The van der Waals surface area contributed by atoms with E-state index in [4.69, 9.17) is 0 Å². The quantitative estimate of drug-likeness (QED) is 0.827. The summed E-state index contributed by atoms with van der Waals surface area (Å²) in [6.45, 7) is 2.78. The summed E-state index contributed by atoms with van der Waals surface area (Å²) < 4.78 is 29.2. The van der Waals surface area contributed by atoms with Crippen molar-refractivity contribution in [2.24, 2.45) is 11.8 Å². The molecule has 1 aromatic carbocycles. The average molecular weight is 297 g/mol. The minimum Gasteiger partial charge on any atom is -0.434 e. The molecule has 21 heavy (non-hydrogen) atoms. The van der Waals surface area contributed by atoms with E-state index in [0.29, 0.717) is 24.9 Å². The van der Waals surface area contributed by atoms with Crippen molar-refractivity contribution >= 4 is 5.91 Å². The van der Waals surface area contributed by atoms with Crippen LogP contribution < -0.4 is 4.74 Å². The molecule has 1 heterocycles. The van der Waals surface area contributed by atoms with Crippen molar-refractivity contribution in [1.82, 2.24) is 4.90 Å². The largest absolute Gasteiger partial charge is 0.434 e. The van der Waals surface area contributed by atoms with E-state index in [1.54, 1.807) is 17.0 Å². The fourth-order valence-corrected chi connectivity index (χ4v) is 2.89. The maximum atomic E-state index is 12.5.